The Balaban J connectivity index is 1.73. The maximum Gasteiger partial charge on any atom is -0.00266 e. The van der Waals surface area contributed by atoms with Gasteiger partial charge in [-0.05, 0) is 69.1 Å². The average molecular weight is 326 g/mol. The van der Waals surface area contributed by atoms with Gasteiger partial charge in [0.2, 0.25) is 0 Å². The quantitative estimate of drug-likeness (QED) is 0.295. The van der Waals surface area contributed by atoms with E-state index in [0.29, 0.717) is 0 Å². The molecule has 7 rings (SSSR count). The Morgan fingerprint density at radius 3 is 1.08 bits per heavy atom. The van der Waals surface area contributed by atoms with E-state index in [0.717, 1.165) is 0 Å². The third kappa shape index (κ3) is 2.78. The van der Waals surface area contributed by atoms with Gasteiger partial charge in [0.05, 0.1) is 0 Å². The first-order valence-electron chi connectivity index (χ1n) is 10.1. The van der Waals surface area contributed by atoms with E-state index in [2.05, 4.69) is 48.5 Å². The van der Waals surface area contributed by atoms with Gasteiger partial charge in [-0.1, -0.05) is 80.6 Å². The van der Waals surface area contributed by atoms with E-state index >= 15 is 0 Å². The molecule has 0 aliphatic heterocycles. The molecule has 0 heterocycles. The first kappa shape index (κ1) is 15.2. The molecule has 4 aromatic rings. The number of fused-ring (bicyclic) bond motifs is 2. The molecular formula is C25H26. The molecule has 25 heavy (non-hydrogen) atoms. The molecule has 0 fully saturated rings. The molecule has 0 radical (unpaired) electrons. The summed E-state index contributed by atoms with van der Waals surface area (Å²) in [5.41, 5.74) is 3.02. The number of benzene rings is 4. The molecule has 0 amide bonds. The third-order valence-electron chi connectivity index (χ3n) is 6.08. The number of hydrogen-bond acceptors (Lipinski definition) is 0. The van der Waals surface area contributed by atoms with E-state index in [9.17, 15) is 0 Å². The van der Waals surface area contributed by atoms with Crippen LogP contribution in [0.2, 0.25) is 0 Å². The molecule has 0 nitrogen and oxygen atoms in total. The lowest BCUT2D eigenvalue weighted by atomic mass is 9.90. The molecule has 0 saturated heterocycles. The standard InChI is InChI=1S/C25H26/c1-2-4-6-8-18-14-20-10-12-22-16-19(9-7-5-3-1)17-23-13-11-21(15-18)24(20)25(22)23/h10-17H,1-9H2. The van der Waals surface area contributed by atoms with Gasteiger partial charge in [0.25, 0.3) is 0 Å². The normalized spacial score (nSPS) is 17.0. The number of hydrogen-bond donors (Lipinski definition) is 0. The van der Waals surface area contributed by atoms with E-state index in [1.54, 1.807) is 0 Å². The van der Waals surface area contributed by atoms with Crippen molar-refractivity contribution in [1.82, 2.24) is 0 Å². The fraction of sp³-hybridized carbons (Fsp3) is 0.360. The van der Waals surface area contributed by atoms with E-state index in [4.69, 9.17) is 0 Å². The largest absolute Gasteiger partial charge is 0.0537 e. The van der Waals surface area contributed by atoms with Crippen LogP contribution in [0.25, 0.3) is 32.3 Å². The Kier molecular flexibility index (Phi) is 3.85. The highest BCUT2D eigenvalue weighted by molar-refractivity contribution is 6.23. The van der Waals surface area contributed by atoms with Crippen molar-refractivity contribution in [3.05, 3.63) is 59.7 Å². The average Bonchev–Trinajstić information content (AvgIpc) is 2.64. The zero-order valence-electron chi connectivity index (χ0n) is 15.0. The molecule has 3 aliphatic carbocycles. The highest BCUT2D eigenvalue weighted by Crippen LogP contribution is 2.36. The summed E-state index contributed by atoms with van der Waals surface area (Å²) in [6.45, 7) is 0. The SMILES string of the molecule is c1cc2cc3cc4ccc5cc(cc1c5c24)CCCCCCCCC3. The maximum absolute atomic E-state index is 2.44. The first-order valence-corrected chi connectivity index (χ1v) is 10.1. The molecule has 0 atom stereocenters. The summed E-state index contributed by atoms with van der Waals surface area (Å²) in [4.78, 5) is 0. The van der Waals surface area contributed by atoms with Crippen LogP contribution >= 0.6 is 0 Å². The molecule has 0 heteroatoms. The fourth-order valence-corrected chi connectivity index (χ4v) is 4.80. The van der Waals surface area contributed by atoms with Gasteiger partial charge in [-0.3, -0.25) is 0 Å². The Morgan fingerprint density at radius 1 is 0.400 bits per heavy atom. The number of aryl methyl sites for hydroxylation is 2. The third-order valence-corrected chi connectivity index (χ3v) is 6.08. The first-order chi connectivity index (χ1) is 12.4. The molecule has 0 N–H and O–H groups in total. The molecule has 4 aromatic carbocycles. The van der Waals surface area contributed by atoms with Crippen molar-refractivity contribution < 1.29 is 0 Å². The Labute approximate surface area is 150 Å². The van der Waals surface area contributed by atoms with Gasteiger partial charge >= 0.3 is 0 Å². The Hall–Kier alpha value is -2.08. The van der Waals surface area contributed by atoms with Crippen molar-refractivity contribution >= 4 is 32.3 Å². The lowest BCUT2D eigenvalue weighted by Gasteiger charge is -2.14. The zero-order chi connectivity index (χ0) is 16.6. The Bertz CT molecular complexity index is 875. The minimum absolute atomic E-state index is 1.22. The van der Waals surface area contributed by atoms with Crippen LogP contribution in [0.4, 0.5) is 0 Å². The highest BCUT2D eigenvalue weighted by atomic mass is 14.1. The van der Waals surface area contributed by atoms with E-state index in [1.807, 2.05) is 0 Å². The van der Waals surface area contributed by atoms with Crippen molar-refractivity contribution in [2.75, 3.05) is 0 Å². The minimum atomic E-state index is 1.22. The smallest absolute Gasteiger partial charge is 0.00266 e. The monoisotopic (exact) mass is 326 g/mol. The summed E-state index contributed by atoms with van der Waals surface area (Å²) in [7, 11) is 0. The summed E-state index contributed by atoms with van der Waals surface area (Å²) in [5.74, 6) is 0. The van der Waals surface area contributed by atoms with E-state index < -0.39 is 0 Å². The summed E-state index contributed by atoms with van der Waals surface area (Å²) in [5, 5.41) is 8.61. The van der Waals surface area contributed by atoms with Gasteiger partial charge in [-0.25, -0.2) is 0 Å². The van der Waals surface area contributed by atoms with Gasteiger partial charge in [0.15, 0.2) is 0 Å². The van der Waals surface area contributed by atoms with Crippen LogP contribution in [0.3, 0.4) is 0 Å². The van der Waals surface area contributed by atoms with E-state index in [1.165, 1.54) is 101 Å². The molecule has 0 saturated carbocycles. The van der Waals surface area contributed by atoms with Crippen molar-refractivity contribution in [2.24, 2.45) is 0 Å². The lowest BCUT2D eigenvalue weighted by molar-refractivity contribution is 0.579. The van der Waals surface area contributed by atoms with Crippen molar-refractivity contribution in [2.45, 2.75) is 57.8 Å². The second-order valence-corrected chi connectivity index (χ2v) is 7.94. The molecule has 3 aliphatic rings. The molecular weight excluding hydrogens is 300 g/mol. The second-order valence-electron chi connectivity index (χ2n) is 7.94. The summed E-state index contributed by atoms with van der Waals surface area (Å²) in [6.07, 6.45) is 12.1. The Morgan fingerprint density at radius 2 is 0.720 bits per heavy atom. The van der Waals surface area contributed by atoms with Crippen LogP contribution in [-0.4, -0.2) is 0 Å². The lowest BCUT2D eigenvalue weighted by Crippen LogP contribution is -1.91. The van der Waals surface area contributed by atoms with Gasteiger partial charge in [0, 0.05) is 0 Å². The molecule has 8 bridgehead atoms. The van der Waals surface area contributed by atoms with E-state index in [-0.39, 0.29) is 0 Å². The van der Waals surface area contributed by atoms with Crippen LogP contribution in [0.5, 0.6) is 0 Å². The molecule has 0 unspecified atom stereocenters. The van der Waals surface area contributed by atoms with Gasteiger partial charge in [-0.15, -0.1) is 0 Å². The van der Waals surface area contributed by atoms with Crippen LogP contribution in [0.1, 0.15) is 56.1 Å². The highest BCUT2D eigenvalue weighted by Gasteiger charge is 2.11. The second kappa shape index (κ2) is 6.33. The number of rotatable bonds is 0. The van der Waals surface area contributed by atoms with Crippen LogP contribution in [0, 0.1) is 0 Å². The predicted molar refractivity (Wildman–Crippen MR) is 110 cm³/mol. The van der Waals surface area contributed by atoms with Crippen molar-refractivity contribution in [3.63, 3.8) is 0 Å². The van der Waals surface area contributed by atoms with Crippen molar-refractivity contribution in [3.8, 4) is 0 Å². The van der Waals surface area contributed by atoms with Crippen LogP contribution < -0.4 is 0 Å². The van der Waals surface area contributed by atoms with Gasteiger partial charge in [-0.2, -0.15) is 0 Å². The van der Waals surface area contributed by atoms with Crippen LogP contribution in [0.15, 0.2) is 48.5 Å². The van der Waals surface area contributed by atoms with Crippen LogP contribution in [-0.2, 0) is 12.8 Å². The summed E-state index contributed by atoms with van der Waals surface area (Å²) in [6, 6.07) is 19.1. The minimum Gasteiger partial charge on any atom is -0.0537 e. The zero-order valence-corrected chi connectivity index (χ0v) is 15.0. The predicted octanol–water partition coefficient (Wildman–Crippen LogP) is 7.41. The van der Waals surface area contributed by atoms with Gasteiger partial charge in [0.1, 0.15) is 0 Å². The molecule has 126 valence electrons. The van der Waals surface area contributed by atoms with Gasteiger partial charge < -0.3 is 0 Å². The topological polar surface area (TPSA) is 0 Å². The fourth-order valence-electron chi connectivity index (χ4n) is 4.80. The molecule has 0 spiro atoms. The maximum atomic E-state index is 2.44. The summed E-state index contributed by atoms with van der Waals surface area (Å²) >= 11 is 0. The van der Waals surface area contributed by atoms with Crippen molar-refractivity contribution in [1.29, 1.82) is 0 Å². The molecule has 0 aromatic heterocycles. The summed E-state index contributed by atoms with van der Waals surface area (Å²) < 4.78 is 0.